The summed E-state index contributed by atoms with van der Waals surface area (Å²) < 4.78 is 5.13. The minimum absolute atomic E-state index is 0.208. The number of rotatable bonds is 5. The van der Waals surface area contributed by atoms with Crippen LogP contribution in [0.5, 0.6) is 5.75 Å². The molecule has 0 aliphatic carbocycles. The van der Waals surface area contributed by atoms with Crippen molar-refractivity contribution in [1.29, 1.82) is 0 Å². The molecule has 2 aromatic carbocycles. The Balaban J connectivity index is 2.44. The monoisotopic (exact) mass is 270 g/mol. The summed E-state index contributed by atoms with van der Waals surface area (Å²) in [6, 6.07) is 15.2. The molecule has 0 amide bonds. The maximum absolute atomic E-state index is 12.1. The number of methoxy groups -OCH3 is 1. The molecule has 2 aromatic rings. The highest BCUT2D eigenvalue weighted by Crippen LogP contribution is 2.27. The maximum atomic E-state index is 12.1. The fraction of sp³-hybridized carbons (Fsp3) is 0.235. The van der Waals surface area contributed by atoms with Crippen LogP contribution in [0.4, 0.5) is 0 Å². The van der Waals surface area contributed by atoms with Crippen LogP contribution in [0.3, 0.4) is 0 Å². The molecule has 0 saturated heterocycles. The quantitative estimate of drug-likeness (QED) is 0.908. The zero-order valence-electron chi connectivity index (χ0n) is 11.7. The molecule has 1 atom stereocenters. The van der Waals surface area contributed by atoms with Gasteiger partial charge in [0.1, 0.15) is 12.4 Å². The number of ketones is 1. The van der Waals surface area contributed by atoms with Crippen molar-refractivity contribution < 1.29 is 14.6 Å². The Bertz CT molecular complexity index is 587. The highest BCUT2D eigenvalue weighted by atomic mass is 16.5. The van der Waals surface area contributed by atoms with Gasteiger partial charge in [0.2, 0.25) is 0 Å². The zero-order valence-corrected chi connectivity index (χ0v) is 11.7. The van der Waals surface area contributed by atoms with Gasteiger partial charge >= 0.3 is 0 Å². The highest BCUT2D eigenvalue weighted by Gasteiger charge is 2.21. The summed E-state index contributed by atoms with van der Waals surface area (Å²) in [5, 5.41) is 9.22. The molecule has 2 rings (SSSR count). The van der Waals surface area contributed by atoms with Crippen LogP contribution in [0.25, 0.3) is 0 Å². The standard InChI is InChI=1S/C17H18O3/c1-12-4-3-5-14(10-12)17(16(19)11-18)13-6-8-15(20-2)9-7-13/h3-10,17-18H,11H2,1-2H3. The van der Waals surface area contributed by atoms with Crippen molar-refractivity contribution in [2.75, 3.05) is 13.7 Å². The van der Waals surface area contributed by atoms with Gasteiger partial charge in [-0.2, -0.15) is 0 Å². The maximum Gasteiger partial charge on any atom is 0.169 e. The second kappa shape index (κ2) is 6.35. The van der Waals surface area contributed by atoms with Gasteiger partial charge in [0.25, 0.3) is 0 Å². The Kier molecular flexibility index (Phi) is 4.53. The number of carbonyl (C=O) groups excluding carboxylic acids is 1. The molecule has 0 aliphatic rings. The predicted octanol–water partition coefficient (Wildman–Crippen LogP) is 2.70. The molecule has 20 heavy (non-hydrogen) atoms. The Morgan fingerprint density at radius 1 is 1.15 bits per heavy atom. The number of Topliss-reactive ketones (excluding diaryl/α,β-unsaturated/α-hetero) is 1. The van der Waals surface area contributed by atoms with Crippen molar-refractivity contribution in [1.82, 2.24) is 0 Å². The molecule has 1 N–H and O–H groups in total. The Morgan fingerprint density at radius 2 is 1.85 bits per heavy atom. The van der Waals surface area contributed by atoms with Gasteiger partial charge in [0.05, 0.1) is 13.0 Å². The predicted molar refractivity (Wildman–Crippen MR) is 78.1 cm³/mol. The van der Waals surface area contributed by atoms with Crippen LogP contribution in [0.2, 0.25) is 0 Å². The van der Waals surface area contributed by atoms with Crippen molar-refractivity contribution in [2.24, 2.45) is 0 Å². The Labute approximate surface area is 118 Å². The number of aliphatic hydroxyl groups is 1. The fourth-order valence-corrected chi connectivity index (χ4v) is 2.30. The lowest BCUT2D eigenvalue weighted by molar-refractivity contribution is -0.122. The van der Waals surface area contributed by atoms with Crippen LogP contribution in [-0.2, 0) is 4.79 Å². The molecule has 1 unspecified atom stereocenters. The van der Waals surface area contributed by atoms with E-state index < -0.39 is 12.5 Å². The van der Waals surface area contributed by atoms with E-state index in [1.54, 1.807) is 7.11 Å². The lowest BCUT2D eigenvalue weighted by atomic mass is 9.87. The largest absolute Gasteiger partial charge is 0.497 e. The van der Waals surface area contributed by atoms with Crippen molar-refractivity contribution in [2.45, 2.75) is 12.8 Å². The average Bonchev–Trinajstić information content (AvgIpc) is 2.48. The van der Waals surface area contributed by atoms with Gasteiger partial charge in [-0.1, -0.05) is 42.0 Å². The molecule has 0 heterocycles. The average molecular weight is 270 g/mol. The lowest BCUT2D eigenvalue weighted by Crippen LogP contribution is -2.17. The summed E-state index contributed by atoms with van der Waals surface area (Å²) in [6.07, 6.45) is 0. The van der Waals surface area contributed by atoms with E-state index in [0.29, 0.717) is 0 Å². The van der Waals surface area contributed by atoms with Gasteiger partial charge in [0.15, 0.2) is 5.78 Å². The second-order valence-corrected chi connectivity index (χ2v) is 4.74. The summed E-state index contributed by atoms with van der Waals surface area (Å²) in [5.74, 6) is 0.0970. The third kappa shape index (κ3) is 3.06. The van der Waals surface area contributed by atoms with Gasteiger partial charge in [0, 0.05) is 0 Å². The molecular formula is C17H18O3. The van der Waals surface area contributed by atoms with Crippen molar-refractivity contribution in [3.8, 4) is 5.75 Å². The first-order chi connectivity index (χ1) is 9.65. The van der Waals surface area contributed by atoms with E-state index in [1.165, 1.54) is 0 Å². The number of benzene rings is 2. The molecule has 0 radical (unpaired) electrons. The molecule has 0 spiro atoms. The van der Waals surface area contributed by atoms with Gasteiger partial charge < -0.3 is 9.84 Å². The van der Waals surface area contributed by atoms with Gasteiger partial charge in [-0.15, -0.1) is 0 Å². The molecular weight excluding hydrogens is 252 g/mol. The van der Waals surface area contributed by atoms with Crippen LogP contribution < -0.4 is 4.74 Å². The fourth-order valence-electron chi connectivity index (χ4n) is 2.30. The van der Waals surface area contributed by atoms with E-state index in [9.17, 15) is 9.90 Å². The first kappa shape index (κ1) is 14.3. The van der Waals surface area contributed by atoms with Crippen molar-refractivity contribution in [3.05, 3.63) is 65.2 Å². The van der Waals surface area contributed by atoms with Crippen LogP contribution >= 0.6 is 0 Å². The van der Waals surface area contributed by atoms with Crippen LogP contribution in [-0.4, -0.2) is 24.6 Å². The normalized spacial score (nSPS) is 11.9. The number of aryl methyl sites for hydroxylation is 1. The van der Waals surface area contributed by atoms with Gasteiger partial charge in [-0.3, -0.25) is 4.79 Å². The van der Waals surface area contributed by atoms with Crippen LogP contribution in [0.15, 0.2) is 48.5 Å². The number of ether oxygens (including phenoxy) is 1. The van der Waals surface area contributed by atoms with Crippen LogP contribution in [0, 0.1) is 6.92 Å². The number of carbonyl (C=O) groups is 1. The van der Waals surface area contributed by atoms with Crippen molar-refractivity contribution >= 4 is 5.78 Å². The molecule has 104 valence electrons. The SMILES string of the molecule is COc1ccc(C(C(=O)CO)c2cccc(C)c2)cc1. The molecule has 0 saturated carbocycles. The summed E-state index contributed by atoms with van der Waals surface area (Å²) >= 11 is 0. The molecule has 0 aliphatic heterocycles. The van der Waals surface area contributed by atoms with Crippen LogP contribution in [0.1, 0.15) is 22.6 Å². The minimum Gasteiger partial charge on any atom is -0.497 e. The lowest BCUT2D eigenvalue weighted by Gasteiger charge is -2.16. The third-order valence-electron chi connectivity index (χ3n) is 3.30. The number of aliphatic hydroxyl groups excluding tert-OH is 1. The minimum atomic E-state index is -0.468. The number of hydrogen-bond acceptors (Lipinski definition) is 3. The molecule has 3 heteroatoms. The first-order valence-electron chi connectivity index (χ1n) is 6.50. The molecule has 0 fully saturated rings. The van der Waals surface area contributed by atoms with Gasteiger partial charge in [-0.05, 0) is 30.2 Å². The van der Waals surface area contributed by atoms with E-state index in [2.05, 4.69) is 0 Å². The van der Waals surface area contributed by atoms with E-state index in [-0.39, 0.29) is 5.78 Å². The van der Waals surface area contributed by atoms with E-state index in [0.717, 1.165) is 22.4 Å². The van der Waals surface area contributed by atoms with E-state index >= 15 is 0 Å². The van der Waals surface area contributed by atoms with E-state index in [4.69, 9.17) is 4.74 Å². The van der Waals surface area contributed by atoms with E-state index in [1.807, 2.05) is 55.5 Å². The molecule has 3 nitrogen and oxygen atoms in total. The highest BCUT2D eigenvalue weighted by molar-refractivity contribution is 5.90. The third-order valence-corrected chi connectivity index (χ3v) is 3.30. The summed E-state index contributed by atoms with van der Waals surface area (Å²) in [5.41, 5.74) is 2.84. The Hall–Kier alpha value is -2.13. The number of hydrogen-bond donors (Lipinski definition) is 1. The van der Waals surface area contributed by atoms with Crippen molar-refractivity contribution in [3.63, 3.8) is 0 Å². The first-order valence-corrected chi connectivity index (χ1v) is 6.50. The summed E-state index contributed by atoms with van der Waals surface area (Å²) in [6.45, 7) is 1.52. The topological polar surface area (TPSA) is 46.5 Å². The second-order valence-electron chi connectivity index (χ2n) is 4.74. The van der Waals surface area contributed by atoms with Gasteiger partial charge in [-0.25, -0.2) is 0 Å². The smallest absolute Gasteiger partial charge is 0.169 e. The molecule has 0 bridgehead atoms. The zero-order chi connectivity index (χ0) is 14.5. The Morgan fingerprint density at radius 3 is 2.40 bits per heavy atom. The summed E-state index contributed by atoms with van der Waals surface area (Å²) in [4.78, 5) is 12.1. The molecule has 0 aromatic heterocycles. The summed E-state index contributed by atoms with van der Waals surface area (Å²) in [7, 11) is 1.60.